The van der Waals surface area contributed by atoms with E-state index in [-0.39, 0.29) is 0 Å². The zero-order chi connectivity index (χ0) is 14.7. The SMILES string of the molecule is Cc1ccncc1C(CN)N1CCN(C2CCCC2)CC1. The lowest BCUT2D eigenvalue weighted by atomic mass is 10.0. The van der Waals surface area contributed by atoms with Gasteiger partial charge < -0.3 is 5.73 Å². The lowest BCUT2D eigenvalue weighted by molar-refractivity contribution is 0.0719. The first kappa shape index (κ1) is 14.9. The lowest BCUT2D eigenvalue weighted by Crippen LogP contribution is -2.51. The first-order valence-electron chi connectivity index (χ1n) is 8.38. The first-order valence-corrected chi connectivity index (χ1v) is 8.38. The molecule has 1 aromatic rings. The van der Waals surface area contributed by atoms with E-state index in [1.807, 2.05) is 12.4 Å². The molecule has 21 heavy (non-hydrogen) atoms. The molecule has 0 bridgehead atoms. The van der Waals surface area contributed by atoms with Crippen molar-refractivity contribution in [2.45, 2.75) is 44.7 Å². The summed E-state index contributed by atoms with van der Waals surface area (Å²) in [5.41, 5.74) is 8.68. The van der Waals surface area contributed by atoms with Crippen molar-refractivity contribution in [1.82, 2.24) is 14.8 Å². The van der Waals surface area contributed by atoms with Gasteiger partial charge in [0.1, 0.15) is 0 Å². The number of nitrogens with two attached hydrogens (primary N) is 1. The lowest BCUT2D eigenvalue weighted by Gasteiger charge is -2.41. The second-order valence-electron chi connectivity index (χ2n) is 6.49. The molecule has 1 saturated heterocycles. The minimum atomic E-state index is 0.324. The van der Waals surface area contributed by atoms with E-state index in [2.05, 4.69) is 27.8 Å². The third-order valence-corrected chi connectivity index (χ3v) is 5.29. The second kappa shape index (κ2) is 6.86. The van der Waals surface area contributed by atoms with Crippen LogP contribution in [0.1, 0.15) is 42.9 Å². The van der Waals surface area contributed by atoms with Crippen LogP contribution in [0.4, 0.5) is 0 Å². The molecule has 2 fully saturated rings. The number of hydrogen-bond acceptors (Lipinski definition) is 4. The van der Waals surface area contributed by atoms with E-state index < -0.39 is 0 Å². The van der Waals surface area contributed by atoms with Gasteiger partial charge in [-0.05, 0) is 37.0 Å². The van der Waals surface area contributed by atoms with Crippen molar-refractivity contribution in [2.75, 3.05) is 32.7 Å². The fourth-order valence-electron chi connectivity index (χ4n) is 3.98. The zero-order valence-corrected chi connectivity index (χ0v) is 13.2. The summed E-state index contributed by atoms with van der Waals surface area (Å²) in [6.45, 7) is 7.49. The van der Waals surface area contributed by atoms with Gasteiger partial charge in [-0.3, -0.25) is 14.8 Å². The first-order chi connectivity index (χ1) is 10.3. The van der Waals surface area contributed by atoms with Gasteiger partial charge in [-0.15, -0.1) is 0 Å². The molecule has 116 valence electrons. The number of piperazine rings is 1. The molecule has 1 aliphatic carbocycles. The van der Waals surface area contributed by atoms with Gasteiger partial charge in [0.2, 0.25) is 0 Å². The largest absolute Gasteiger partial charge is 0.329 e. The van der Waals surface area contributed by atoms with Gasteiger partial charge in [0.15, 0.2) is 0 Å². The van der Waals surface area contributed by atoms with Crippen LogP contribution < -0.4 is 5.73 Å². The van der Waals surface area contributed by atoms with Crippen LogP contribution in [-0.2, 0) is 0 Å². The minimum Gasteiger partial charge on any atom is -0.329 e. The van der Waals surface area contributed by atoms with E-state index in [1.165, 1.54) is 49.9 Å². The molecule has 0 aromatic carbocycles. The summed E-state index contributed by atoms with van der Waals surface area (Å²) in [6, 6.07) is 3.26. The minimum absolute atomic E-state index is 0.324. The summed E-state index contributed by atoms with van der Waals surface area (Å²) in [5.74, 6) is 0. The molecule has 1 unspecified atom stereocenters. The molecule has 2 N–H and O–H groups in total. The summed E-state index contributed by atoms with van der Waals surface area (Å²) in [4.78, 5) is 9.55. The smallest absolute Gasteiger partial charge is 0.0489 e. The fraction of sp³-hybridized carbons (Fsp3) is 0.706. The van der Waals surface area contributed by atoms with E-state index in [0.717, 1.165) is 19.1 Å². The van der Waals surface area contributed by atoms with Gasteiger partial charge in [-0.25, -0.2) is 0 Å². The van der Waals surface area contributed by atoms with Crippen LogP contribution >= 0.6 is 0 Å². The quantitative estimate of drug-likeness (QED) is 0.920. The van der Waals surface area contributed by atoms with Crippen molar-refractivity contribution in [3.63, 3.8) is 0 Å². The molecule has 4 heteroatoms. The Morgan fingerprint density at radius 3 is 2.57 bits per heavy atom. The van der Waals surface area contributed by atoms with Crippen molar-refractivity contribution >= 4 is 0 Å². The van der Waals surface area contributed by atoms with Crippen LogP contribution in [0, 0.1) is 6.92 Å². The van der Waals surface area contributed by atoms with Crippen molar-refractivity contribution in [3.8, 4) is 0 Å². The molecule has 1 saturated carbocycles. The Kier molecular flexibility index (Phi) is 4.88. The maximum atomic E-state index is 6.08. The van der Waals surface area contributed by atoms with Gasteiger partial charge in [-0.2, -0.15) is 0 Å². The van der Waals surface area contributed by atoms with Crippen molar-refractivity contribution in [1.29, 1.82) is 0 Å². The molecule has 2 heterocycles. The normalized spacial score (nSPS) is 23.5. The zero-order valence-electron chi connectivity index (χ0n) is 13.2. The van der Waals surface area contributed by atoms with Crippen LogP contribution in [0.3, 0.4) is 0 Å². The predicted octanol–water partition coefficient (Wildman–Crippen LogP) is 1.95. The number of rotatable bonds is 4. The van der Waals surface area contributed by atoms with Crippen molar-refractivity contribution in [2.24, 2.45) is 5.73 Å². The number of nitrogens with zero attached hydrogens (tertiary/aromatic N) is 3. The van der Waals surface area contributed by atoms with Crippen LogP contribution in [0.5, 0.6) is 0 Å². The molecule has 0 radical (unpaired) electrons. The van der Waals surface area contributed by atoms with E-state index in [4.69, 9.17) is 5.73 Å². The van der Waals surface area contributed by atoms with Crippen LogP contribution in [0.2, 0.25) is 0 Å². The monoisotopic (exact) mass is 288 g/mol. The standard InChI is InChI=1S/C17H28N4/c1-14-6-7-19-13-16(14)17(12-18)21-10-8-20(9-11-21)15-4-2-3-5-15/h6-7,13,15,17H,2-5,8-12,18H2,1H3. The van der Waals surface area contributed by atoms with Gasteiger partial charge >= 0.3 is 0 Å². The van der Waals surface area contributed by atoms with Crippen molar-refractivity contribution < 1.29 is 0 Å². The van der Waals surface area contributed by atoms with Gasteiger partial charge in [-0.1, -0.05) is 12.8 Å². The maximum Gasteiger partial charge on any atom is 0.0489 e. The Labute approximate surface area is 128 Å². The Balaban J connectivity index is 1.63. The molecule has 1 aliphatic heterocycles. The van der Waals surface area contributed by atoms with E-state index in [9.17, 15) is 0 Å². The highest BCUT2D eigenvalue weighted by molar-refractivity contribution is 5.25. The molecular formula is C17H28N4. The molecule has 0 amide bonds. The third-order valence-electron chi connectivity index (χ3n) is 5.29. The molecule has 1 atom stereocenters. The number of hydrogen-bond donors (Lipinski definition) is 1. The third kappa shape index (κ3) is 3.28. The highest BCUT2D eigenvalue weighted by Crippen LogP contribution is 2.27. The summed E-state index contributed by atoms with van der Waals surface area (Å²) in [5, 5.41) is 0. The van der Waals surface area contributed by atoms with Gasteiger partial charge in [0.05, 0.1) is 0 Å². The average molecular weight is 288 g/mol. The van der Waals surface area contributed by atoms with E-state index in [0.29, 0.717) is 12.6 Å². The highest BCUT2D eigenvalue weighted by Gasteiger charge is 2.29. The van der Waals surface area contributed by atoms with Gasteiger partial charge in [0.25, 0.3) is 0 Å². The van der Waals surface area contributed by atoms with Crippen molar-refractivity contribution in [3.05, 3.63) is 29.6 Å². The Morgan fingerprint density at radius 1 is 1.24 bits per heavy atom. The van der Waals surface area contributed by atoms with E-state index in [1.54, 1.807) is 0 Å². The average Bonchev–Trinajstić information content (AvgIpc) is 3.05. The van der Waals surface area contributed by atoms with Crippen LogP contribution in [0.25, 0.3) is 0 Å². The summed E-state index contributed by atoms with van der Waals surface area (Å²) >= 11 is 0. The fourth-order valence-corrected chi connectivity index (χ4v) is 3.98. The molecule has 3 rings (SSSR count). The number of pyridine rings is 1. The number of aryl methyl sites for hydroxylation is 1. The molecule has 2 aliphatic rings. The topological polar surface area (TPSA) is 45.4 Å². The molecule has 1 aromatic heterocycles. The Hall–Kier alpha value is -0.970. The maximum absolute atomic E-state index is 6.08. The summed E-state index contributed by atoms with van der Waals surface area (Å²) in [6.07, 6.45) is 9.51. The summed E-state index contributed by atoms with van der Waals surface area (Å²) in [7, 11) is 0. The van der Waals surface area contributed by atoms with Gasteiger partial charge in [0, 0.05) is 57.2 Å². The summed E-state index contributed by atoms with van der Waals surface area (Å²) < 4.78 is 0. The Bertz CT molecular complexity index is 448. The second-order valence-corrected chi connectivity index (χ2v) is 6.49. The molecule has 0 spiro atoms. The van der Waals surface area contributed by atoms with Crippen LogP contribution in [-0.4, -0.2) is 53.5 Å². The molecule has 4 nitrogen and oxygen atoms in total. The van der Waals surface area contributed by atoms with E-state index >= 15 is 0 Å². The molecular weight excluding hydrogens is 260 g/mol. The highest BCUT2D eigenvalue weighted by atomic mass is 15.3. The Morgan fingerprint density at radius 2 is 1.95 bits per heavy atom. The van der Waals surface area contributed by atoms with Crippen LogP contribution in [0.15, 0.2) is 18.5 Å². The number of aromatic nitrogens is 1. The predicted molar refractivity (Wildman–Crippen MR) is 86.2 cm³/mol.